The van der Waals surface area contributed by atoms with Crippen molar-refractivity contribution in [3.8, 4) is 0 Å². The highest BCUT2D eigenvalue weighted by molar-refractivity contribution is 5.46. The van der Waals surface area contributed by atoms with Crippen molar-refractivity contribution in [3.05, 3.63) is 29.8 Å². The Hall–Kier alpha value is -1.02. The molecule has 0 bridgehead atoms. The summed E-state index contributed by atoms with van der Waals surface area (Å²) in [6, 6.07) is 8.59. The lowest BCUT2D eigenvalue weighted by Crippen LogP contribution is -2.34. The number of aliphatic hydroxyl groups is 1. The van der Waals surface area contributed by atoms with Gasteiger partial charge >= 0.3 is 0 Å². The van der Waals surface area contributed by atoms with Gasteiger partial charge in [-0.15, -0.1) is 0 Å². The molecule has 0 aromatic heterocycles. The summed E-state index contributed by atoms with van der Waals surface area (Å²) in [4.78, 5) is 2.26. The summed E-state index contributed by atoms with van der Waals surface area (Å²) in [7, 11) is 2.11. The molecule has 100 valence electrons. The van der Waals surface area contributed by atoms with Crippen LogP contribution in [-0.4, -0.2) is 24.8 Å². The Morgan fingerprint density at radius 1 is 1.28 bits per heavy atom. The molecule has 0 radical (unpaired) electrons. The van der Waals surface area contributed by atoms with Gasteiger partial charge in [-0.1, -0.05) is 31.5 Å². The van der Waals surface area contributed by atoms with E-state index < -0.39 is 0 Å². The lowest BCUT2D eigenvalue weighted by Gasteiger charge is -2.29. The van der Waals surface area contributed by atoms with Crippen LogP contribution in [0.2, 0.25) is 0 Å². The Labute approximate surface area is 111 Å². The van der Waals surface area contributed by atoms with Crippen LogP contribution in [-0.2, 0) is 0 Å². The Morgan fingerprint density at radius 2 is 1.89 bits per heavy atom. The number of nitrogens with zero attached hydrogens (tertiary/aromatic N) is 1. The number of anilines is 1. The van der Waals surface area contributed by atoms with Gasteiger partial charge in [0.2, 0.25) is 0 Å². The summed E-state index contributed by atoms with van der Waals surface area (Å²) < 4.78 is 0. The van der Waals surface area contributed by atoms with Crippen LogP contribution in [0.5, 0.6) is 0 Å². The molecule has 2 nitrogen and oxygen atoms in total. The Morgan fingerprint density at radius 3 is 2.39 bits per heavy atom. The van der Waals surface area contributed by atoms with Gasteiger partial charge < -0.3 is 10.0 Å². The van der Waals surface area contributed by atoms with E-state index >= 15 is 0 Å². The first-order valence-corrected chi connectivity index (χ1v) is 6.86. The third kappa shape index (κ3) is 2.69. The molecule has 0 heterocycles. The Bertz CT molecular complexity index is 396. The maximum atomic E-state index is 10.3. The smallest absolute Gasteiger partial charge is 0.0636 e. The van der Waals surface area contributed by atoms with Crippen molar-refractivity contribution in [2.75, 3.05) is 18.5 Å². The van der Waals surface area contributed by atoms with Gasteiger partial charge in [-0.25, -0.2) is 0 Å². The van der Waals surface area contributed by atoms with Gasteiger partial charge in [0.05, 0.1) is 6.10 Å². The molecule has 2 rings (SSSR count). The van der Waals surface area contributed by atoms with Gasteiger partial charge in [0, 0.05) is 25.2 Å². The fourth-order valence-electron chi connectivity index (χ4n) is 2.95. The highest BCUT2D eigenvalue weighted by Gasteiger charge is 2.40. The molecule has 1 fully saturated rings. The zero-order chi connectivity index (χ0) is 13.3. The predicted molar refractivity (Wildman–Crippen MR) is 77.0 cm³/mol. The molecule has 1 N–H and O–H groups in total. The molecule has 2 heteroatoms. The van der Waals surface area contributed by atoms with E-state index in [4.69, 9.17) is 0 Å². The third-order valence-corrected chi connectivity index (χ3v) is 4.39. The van der Waals surface area contributed by atoms with Gasteiger partial charge in [0.25, 0.3) is 0 Å². The zero-order valence-electron chi connectivity index (χ0n) is 12.0. The minimum Gasteiger partial charge on any atom is -0.392 e. The maximum Gasteiger partial charge on any atom is 0.0636 e. The monoisotopic (exact) mass is 247 g/mol. The van der Waals surface area contributed by atoms with Gasteiger partial charge in [0.15, 0.2) is 0 Å². The summed E-state index contributed by atoms with van der Waals surface area (Å²) in [6.07, 6.45) is 2.08. The largest absolute Gasteiger partial charge is 0.392 e. The molecular formula is C16H25NO. The number of aliphatic hydroxyl groups excluding tert-OH is 1. The van der Waals surface area contributed by atoms with Crippen LogP contribution in [0.4, 0.5) is 5.69 Å². The Balaban J connectivity index is 2.00. The molecule has 1 aliphatic rings. The average molecular weight is 247 g/mol. The van der Waals surface area contributed by atoms with Crippen LogP contribution in [0.3, 0.4) is 0 Å². The van der Waals surface area contributed by atoms with Gasteiger partial charge in [-0.05, 0) is 37.3 Å². The van der Waals surface area contributed by atoms with Crippen LogP contribution in [0.25, 0.3) is 0 Å². The topological polar surface area (TPSA) is 23.5 Å². The summed E-state index contributed by atoms with van der Waals surface area (Å²) in [5.41, 5.74) is 2.60. The SMILES string of the molecule is Cc1ccc(N(C)CC2CCC(C)(C)C2O)cc1. The van der Waals surface area contributed by atoms with Crippen molar-refractivity contribution < 1.29 is 5.11 Å². The van der Waals surface area contributed by atoms with Crippen LogP contribution in [0.15, 0.2) is 24.3 Å². The van der Waals surface area contributed by atoms with Crippen molar-refractivity contribution in [1.29, 1.82) is 0 Å². The highest BCUT2D eigenvalue weighted by atomic mass is 16.3. The van der Waals surface area contributed by atoms with E-state index in [-0.39, 0.29) is 11.5 Å². The normalized spacial score (nSPS) is 26.3. The van der Waals surface area contributed by atoms with E-state index in [1.54, 1.807) is 0 Å². The summed E-state index contributed by atoms with van der Waals surface area (Å²) in [5.74, 6) is 0.395. The van der Waals surface area contributed by atoms with E-state index in [0.29, 0.717) is 5.92 Å². The molecule has 0 amide bonds. The molecule has 1 aromatic rings. The fraction of sp³-hybridized carbons (Fsp3) is 0.625. The second kappa shape index (κ2) is 4.93. The maximum absolute atomic E-state index is 10.3. The highest BCUT2D eigenvalue weighted by Crippen LogP contribution is 2.41. The quantitative estimate of drug-likeness (QED) is 0.886. The van der Waals surface area contributed by atoms with E-state index in [1.807, 2.05) is 0 Å². The van der Waals surface area contributed by atoms with E-state index in [1.165, 1.54) is 11.3 Å². The second-order valence-corrected chi connectivity index (χ2v) is 6.45. The molecule has 0 aliphatic heterocycles. The average Bonchev–Trinajstić information content (AvgIpc) is 2.57. The number of rotatable bonds is 3. The number of hydrogen-bond acceptors (Lipinski definition) is 2. The van der Waals surface area contributed by atoms with Crippen LogP contribution in [0, 0.1) is 18.3 Å². The molecule has 1 aliphatic carbocycles. The third-order valence-electron chi connectivity index (χ3n) is 4.39. The summed E-state index contributed by atoms with van der Waals surface area (Å²) in [6.45, 7) is 7.38. The van der Waals surface area contributed by atoms with Crippen molar-refractivity contribution in [1.82, 2.24) is 0 Å². The van der Waals surface area contributed by atoms with Gasteiger partial charge in [-0.2, -0.15) is 0 Å². The van der Waals surface area contributed by atoms with Crippen molar-refractivity contribution in [3.63, 3.8) is 0 Å². The van der Waals surface area contributed by atoms with Crippen molar-refractivity contribution >= 4 is 5.69 Å². The minimum atomic E-state index is -0.176. The lowest BCUT2D eigenvalue weighted by molar-refractivity contribution is 0.0484. The fourth-order valence-corrected chi connectivity index (χ4v) is 2.95. The van der Waals surface area contributed by atoms with E-state index in [9.17, 15) is 5.11 Å². The molecule has 18 heavy (non-hydrogen) atoms. The molecule has 0 spiro atoms. The van der Waals surface area contributed by atoms with Crippen LogP contribution >= 0.6 is 0 Å². The first-order valence-electron chi connectivity index (χ1n) is 6.86. The lowest BCUT2D eigenvalue weighted by atomic mass is 9.87. The van der Waals surface area contributed by atoms with Crippen molar-refractivity contribution in [2.24, 2.45) is 11.3 Å². The summed E-state index contributed by atoms with van der Waals surface area (Å²) >= 11 is 0. The predicted octanol–water partition coefficient (Wildman–Crippen LogP) is 3.23. The Kier molecular flexibility index (Phi) is 3.67. The molecule has 2 atom stereocenters. The molecule has 2 unspecified atom stereocenters. The van der Waals surface area contributed by atoms with E-state index in [2.05, 4.69) is 57.0 Å². The first-order chi connectivity index (χ1) is 8.40. The van der Waals surface area contributed by atoms with Crippen LogP contribution < -0.4 is 4.90 Å². The van der Waals surface area contributed by atoms with E-state index in [0.717, 1.165) is 19.4 Å². The standard InChI is InChI=1S/C16H25NO/c1-12-5-7-14(8-6-12)17(4)11-13-9-10-16(2,3)15(13)18/h5-8,13,15,18H,9-11H2,1-4H3. The van der Waals surface area contributed by atoms with Gasteiger partial charge in [-0.3, -0.25) is 0 Å². The van der Waals surface area contributed by atoms with Gasteiger partial charge in [0.1, 0.15) is 0 Å². The molecule has 1 saturated carbocycles. The molecule has 1 aromatic carbocycles. The van der Waals surface area contributed by atoms with Crippen molar-refractivity contribution in [2.45, 2.75) is 39.7 Å². The summed E-state index contributed by atoms with van der Waals surface area (Å²) in [5, 5.41) is 10.3. The number of benzene rings is 1. The second-order valence-electron chi connectivity index (χ2n) is 6.45. The van der Waals surface area contributed by atoms with Crippen LogP contribution in [0.1, 0.15) is 32.3 Å². The zero-order valence-corrected chi connectivity index (χ0v) is 12.0. The molecular weight excluding hydrogens is 222 g/mol. The number of aryl methyl sites for hydroxylation is 1. The minimum absolute atomic E-state index is 0.0821. The first kappa shape index (κ1) is 13.4. The number of hydrogen-bond donors (Lipinski definition) is 1. The molecule has 0 saturated heterocycles.